The van der Waals surface area contributed by atoms with E-state index in [0.717, 1.165) is 25.8 Å². The van der Waals surface area contributed by atoms with Gasteiger partial charge in [0.15, 0.2) is 0 Å². The molecule has 0 aliphatic heterocycles. The minimum absolute atomic E-state index is 0. The van der Waals surface area contributed by atoms with Gasteiger partial charge in [-0.2, -0.15) is 0 Å². The summed E-state index contributed by atoms with van der Waals surface area (Å²) >= 11 is 6.05. The summed E-state index contributed by atoms with van der Waals surface area (Å²) in [5, 5.41) is 9.06. The summed E-state index contributed by atoms with van der Waals surface area (Å²) < 4.78 is 0. The van der Waals surface area contributed by atoms with Gasteiger partial charge in [-0.25, -0.2) is 0 Å². The molecule has 1 fully saturated rings. The van der Waals surface area contributed by atoms with Crippen molar-refractivity contribution >= 4 is 41.5 Å². The Kier molecular flexibility index (Phi) is 7.65. The quantitative estimate of drug-likeness (QED) is 0.665. The highest BCUT2D eigenvalue weighted by Gasteiger charge is 2.24. The van der Waals surface area contributed by atoms with E-state index >= 15 is 0 Å². The molecule has 1 saturated carbocycles. The Labute approximate surface area is 141 Å². The fraction of sp³-hybridized carbons (Fsp3) is 0.467. The van der Waals surface area contributed by atoms with Crippen molar-refractivity contribution in [1.82, 2.24) is 10.6 Å². The number of carbonyl (C=O) groups excluding carboxylic acids is 2. The van der Waals surface area contributed by atoms with E-state index in [2.05, 4.69) is 16.0 Å². The molecule has 1 aliphatic rings. The second-order valence-corrected chi connectivity index (χ2v) is 5.60. The molecule has 5 nitrogen and oxygen atoms in total. The van der Waals surface area contributed by atoms with E-state index in [4.69, 9.17) is 11.6 Å². The van der Waals surface area contributed by atoms with Gasteiger partial charge in [0.2, 0.25) is 5.91 Å². The lowest BCUT2D eigenvalue weighted by Crippen LogP contribution is -2.25. The number of amides is 2. The summed E-state index contributed by atoms with van der Waals surface area (Å²) in [5.74, 6) is -0.255. The van der Waals surface area contributed by atoms with E-state index in [0.29, 0.717) is 22.7 Å². The van der Waals surface area contributed by atoms with Crippen LogP contribution in [0.4, 0.5) is 5.69 Å². The molecule has 0 aromatic heterocycles. The van der Waals surface area contributed by atoms with E-state index in [-0.39, 0.29) is 30.3 Å². The van der Waals surface area contributed by atoms with Crippen molar-refractivity contribution in [3.05, 3.63) is 28.8 Å². The van der Waals surface area contributed by atoms with Crippen LogP contribution >= 0.6 is 24.0 Å². The average molecular weight is 346 g/mol. The molecule has 0 spiro atoms. The normalized spacial score (nSPS) is 13.2. The topological polar surface area (TPSA) is 70.2 Å². The van der Waals surface area contributed by atoms with Gasteiger partial charge in [0.1, 0.15) is 0 Å². The molecule has 3 N–H and O–H groups in total. The molecular weight excluding hydrogens is 325 g/mol. The molecule has 0 atom stereocenters. The molecule has 2 rings (SSSR count). The van der Waals surface area contributed by atoms with Crippen LogP contribution in [0.1, 0.15) is 36.0 Å². The van der Waals surface area contributed by atoms with E-state index in [1.165, 1.54) is 0 Å². The summed E-state index contributed by atoms with van der Waals surface area (Å²) in [6.07, 6.45) is 3.24. The first-order valence-corrected chi connectivity index (χ1v) is 7.53. The second-order valence-electron chi connectivity index (χ2n) is 5.20. The first kappa shape index (κ1) is 18.7. The van der Waals surface area contributed by atoms with Crippen molar-refractivity contribution in [3.63, 3.8) is 0 Å². The molecule has 0 heterocycles. The lowest BCUT2D eigenvalue weighted by molar-refractivity contribution is -0.116. The predicted octanol–water partition coefficient (Wildman–Crippen LogP) is 2.59. The molecule has 22 heavy (non-hydrogen) atoms. The van der Waals surface area contributed by atoms with Gasteiger partial charge < -0.3 is 16.0 Å². The Morgan fingerprint density at radius 1 is 1.32 bits per heavy atom. The van der Waals surface area contributed by atoms with Crippen LogP contribution in [0.15, 0.2) is 18.2 Å². The number of hydrogen-bond acceptors (Lipinski definition) is 3. The van der Waals surface area contributed by atoms with E-state index in [9.17, 15) is 9.59 Å². The van der Waals surface area contributed by atoms with Crippen molar-refractivity contribution in [2.45, 2.75) is 31.7 Å². The maximum absolute atomic E-state index is 12.0. The highest BCUT2D eigenvalue weighted by Crippen LogP contribution is 2.24. The van der Waals surface area contributed by atoms with Crippen LogP contribution in [0, 0.1) is 0 Å². The van der Waals surface area contributed by atoms with Gasteiger partial charge in [0.05, 0.1) is 10.6 Å². The van der Waals surface area contributed by atoms with Crippen LogP contribution < -0.4 is 16.0 Å². The Hall–Kier alpha value is -1.30. The minimum Gasteiger partial charge on any atom is -0.349 e. The van der Waals surface area contributed by atoms with Crippen molar-refractivity contribution in [1.29, 1.82) is 0 Å². The van der Waals surface area contributed by atoms with Crippen LogP contribution in [0.2, 0.25) is 5.02 Å². The molecule has 0 radical (unpaired) electrons. The molecule has 1 aliphatic carbocycles. The van der Waals surface area contributed by atoms with Crippen molar-refractivity contribution in [2.75, 3.05) is 18.9 Å². The third-order valence-corrected chi connectivity index (χ3v) is 3.57. The Morgan fingerprint density at radius 3 is 2.68 bits per heavy atom. The van der Waals surface area contributed by atoms with Gasteiger partial charge in [0.25, 0.3) is 5.91 Å². The van der Waals surface area contributed by atoms with Gasteiger partial charge in [-0.15, -0.1) is 12.4 Å². The fourth-order valence-electron chi connectivity index (χ4n) is 1.92. The van der Waals surface area contributed by atoms with Crippen LogP contribution in [0.5, 0.6) is 0 Å². The van der Waals surface area contributed by atoms with Gasteiger partial charge >= 0.3 is 0 Å². The fourth-order valence-corrected chi connectivity index (χ4v) is 2.12. The van der Waals surface area contributed by atoms with Gasteiger partial charge in [-0.05, 0) is 51.1 Å². The Morgan fingerprint density at radius 2 is 2.05 bits per heavy atom. The van der Waals surface area contributed by atoms with E-state index in [1.807, 2.05) is 7.05 Å². The zero-order chi connectivity index (χ0) is 15.2. The number of benzene rings is 1. The third-order valence-electron chi connectivity index (χ3n) is 3.24. The Bertz CT molecular complexity index is 534. The zero-order valence-corrected chi connectivity index (χ0v) is 14.0. The molecule has 0 unspecified atom stereocenters. The lowest BCUT2D eigenvalue weighted by Gasteiger charge is -2.09. The standard InChI is InChI=1S/C15H20ClN3O2.ClH/c1-17-8-2-3-14(20)18-11-6-7-13(16)12(9-11)15(21)19-10-4-5-10;/h6-7,9-10,17H,2-5,8H2,1H3,(H,18,20)(H,19,21);1H. The number of carbonyl (C=O) groups is 2. The first-order valence-electron chi connectivity index (χ1n) is 7.15. The summed E-state index contributed by atoms with van der Waals surface area (Å²) in [6.45, 7) is 0.795. The summed E-state index contributed by atoms with van der Waals surface area (Å²) in [6, 6.07) is 5.22. The predicted molar refractivity (Wildman–Crippen MR) is 91.0 cm³/mol. The SMILES string of the molecule is CNCCCC(=O)Nc1ccc(Cl)c(C(=O)NC2CC2)c1.Cl. The number of halogens is 2. The summed E-state index contributed by atoms with van der Waals surface area (Å²) in [7, 11) is 1.85. The van der Waals surface area contributed by atoms with Crippen LogP contribution in [0.3, 0.4) is 0 Å². The Balaban J connectivity index is 0.00000242. The zero-order valence-electron chi connectivity index (χ0n) is 12.4. The van der Waals surface area contributed by atoms with Crippen molar-refractivity contribution in [2.24, 2.45) is 0 Å². The summed E-state index contributed by atoms with van der Waals surface area (Å²) in [5.41, 5.74) is 0.992. The molecule has 7 heteroatoms. The molecule has 1 aromatic carbocycles. The monoisotopic (exact) mass is 345 g/mol. The average Bonchev–Trinajstić information content (AvgIpc) is 3.25. The molecule has 0 bridgehead atoms. The lowest BCUT2D eigenvalue weighted by atomic mass is 10.1. The summed E-state index contributed by atoms with van der Waals surface area (Å²) in [4.78, 5) is 23.8. The highest BCUT2D eigenvalue weighted by atomic mass is 35.5. The van der Waals surface area contributed by atoms with Gasteiger partial charge in [-0.3, -0.25) is 9.59 Å². The minimum atomic E-state index is -0.186. The highest BCUT2D eigenvalue weighted by molar-refractivity contribution is 6.34. The van der Waals surface area contributed by atoms with Crippen molar-refractivity contribution < 1.29 is 9.59 Å². The molecule has 2 amide bonds. The maximum atomic E-state index is 12.0. The molecular formula is C15H21Cl2N3O2. The number of nitrogens with one attached hydrogen (secondary N) is 3. The molecule has 1 aromatic rings. The van der Waals surface area contributed by atoms with Crippen LogP contribution in [-0.2, 0) is 4.79 Å². The van der Waals surface area contributed by atoms with Crippen molar-refractivity contribution in [3.8, 4) is 0 Å². The number of hydrogen-bond donors (Lipinski definition) is 3. The third kappa shape index (κ3) is 5.83. The second kappa shape index (κ2) is 8.98. The van der Waals surface area contributed by atoms with E-state index in [1.54, 1.807) is 18.2 Å². The van der Waals surface area contributed by atoms with Crippen LogP contribution in [-0.4, -0.2) is 31.4 Å². The molecule has 0 saturated heterocycles. The maximum Gasteiger partial charge on any atom is 0.253 e. The first-order chi connectivity index (χ1) is 10.1. The smallest absolute Gasteiger partial charge is 0.253 e. The number of rotatable bonds is 7. The van der Waals surface area contributed by atoms with Crippen LogP contribution in [0.25, 0.3) is 0 Å². The van der Waals surface area contributed by atoms with Gasteiger partial charge in [-0.1, -0.05) is 11.6 Å². The van der Waals surface area contributed by atoms with E-state index < -0.39 is 0 Å². The largest absolute Gasteiger partial charge is 0.349 e. The van der Waals surface area contributed by atoms with Gasteiger partial charge in [0, 0.05) is 18.2 Å². The number of anilines is 1. The molecule has 122 valence electrons.